The highest BCUT2D eigenvalue weighted by atomic mass is 127. The summed E-state index contributed by atoms with van der Waals surface area (Å²) in [7, 11) is 0. The van der Waals surface area contributed by atoms with Crippen LogP contribution in [0.1, 0.15) is 34.6 Å². The molecule has 1 aromatic rings. The average Bonchev–Trinajstić information content (AvgIpc) is 2.42. The van der Waals surface area contributed by atoms with Gasteiger partial charge in [-0.2, -0.15) is 0 Å². The lowest BCUT2D eigenvalue weighted by Crippen LogP contribution is -2.20. The van der Waals surface area contributed by atoms with Crippen molar-refractivity contribution >= 4 is 34.5 Å². The van der Waals surface area contributed by atoms with Gasteiger partial charge in [-0.25, -0.2) is 9.59 Å². The van der Waals surface area contributed by atoms with Gasteiger partial charge in [-0.3, -0.25) is 0 Å². The van der Waals surface area contributed by atoms with E-state index in [1.165, 1.54) is 12.1 Å². The lowest BCUT2D eigenvalue weighted by molar-refractivity contribution is 0.0462. The summed E-state index contributed by atoms with van der Waals surface area (Å²) in [4.78, 5) is 23.0. The highest BCUT2D eigenvalue weighted by Crippen LogP contribution is 2.15. The summed E-state index contributed by atoms with van der Waals surface area (Å²) in [6.45, 7) is 3.86. The molecule has 5 heteroatoms. The molecule has 0 aliphatic heterocycles. The number of rotatable bonds is 5. The molecule has 0 heterocycles. The number of carboxylic acid groups (broad SMARTS) is 1. The van der Waals surface area contributed by atoms with Crippen molar-refractivity contribution in [2.75, 3.05) is 6.61 Å². The van der Waals surface area contributed by atoms with Crippen LogP contribution >= 0.6 is 22.6 Å². The predicted molar refractivity (Wildman–Crippen MR) is 84.1 cm³/mol. The summed E-state index contributed by atoms with van der Waals surface area (Å²) in [5.41, 5.74) is 0.00228. The van der Waals surface area contributed by atoms with E-state index < -0.39 is 11.9 Å². The Morgan fingerprint density at radius 1 is 1.35 bits per heavy atom. The van der Waals surface area contributed by atoms with Crippen molar-refractivity contribution in [1.82, 2.24) is 0 Å². The van der Waals surface area contributed by atoms with E-state index >= 15 is 0 Å². The molecule has 0 saturated heterocycles. The number of hydrogen-bond donors (Lipinski definition) is 1. The van der Waals surface area contributed by atoms with Gasteiger partial charge < -0.3 is 9.84 Å². The Labute approximate surface area is 131 Å². The molecular formula is C15H15IO4. The Morgan fingerprint density at radius 2 is 1.95 bits per heavy atom. The zero-order valence-corrected chi connectivity index (χ0v) is 13.4. The molecule has 20 heavy (non-hydrogen) atoms. The minimum Gasteiger partial charge on any atom is -0.478 e. The Balaban J connectivity index is 2.81. The third-order valence-corrected chi connectivity index (χ3v) is 3.52. The molecule has 0 radical (unpaired) electrons. The summed E-state index contributed by atoms with van der Waals surface area (Å²) in [6, 6.07) is 5.99. The molecule has 0 aliphatic carbocycles. The average molecular weight is 386 g/mol. The normalized spacial score (nSPS) is 12.8. The molecule has 0 amide bonds. The summed E-state index contributed by atoms with van der Waals surface area (Å²) < 4.78 is 5.41. The number of hydrogen-bond acceptors (Lipinski definition) is 3. The second kappa shape index (κ2) is 7.90. The number of aromatic carboxylic acids is 1. The van der Waals surface area contributed by atoms with Gasteiger partial charge in [0, 0.05) is 3.92 Å². The van der Waals surface area contributed by atoms with Gasteiger partial charge in [0.15, 0.2) is 0 Å². The fourth-order valence-corrected chi connectivity index (χ4v) is 1.95. The van der Waals surface area contributed by atoms with Gasteiger partial charge in [0.2, 0.25) is 0 Å². The maximum absolute atomic E-state index is 12.0. The first kappa shape index (κ1) is 16.5. The van der Waals surface area contributed by atoms with Crippen LogP contribution in [0.15, 0.2) is 24.3 Å². The number of carbonyl (C=O) groups excluding carboxylic acids is 1. The molecule has 0 fully saturated rings. The largest absolute Gasteiger partial charge is 0.478 e. The van der Waals surface area contributed by atoms with Crippen LogP contribution in [-0.2, 0) is 4.74 Å². The summed E-state index contributed by atoms with van der Waals surface area (Å²) >= 11 is 2.22. The lowest BCUT2D eigenvalue weighted by Gasteiger charge is -2.14. The smallest absolute Gasteiger partial charge is 0.339 e. The van der Waals surface area contributed by atoms with E-state index in [9.17, 15) is 9.59 Å². The van der Waals surface area contributed by atoms with Gasteiger partial charge in [0.25, 0.3) is 0 Å². The Kier molecular flexibility index (Phi) is 6.52. The molecule has 1 aromatic carbocycles. The van der Waals surface area contributed by atoms with Crippen LogP contribution in [0.4, 0.5) is 0 Å². The molecule has 0 aliphatic rings. The van der Waals surface area contributed by atoms with E-state index in [4.69, 9.17) is 9.84 Å². The Morgan fingerprint density at radius 3 is 2.45 bits per heavy atom. The molecule has 2 atom stereocenters. The van der Waals surface area contributed by atoms with Crippen molar-refractivity contribution < 1.29 is 19.4 Å². The number of ether oxygens (including phenoxy) is 1. The van der Waals surface area contributed by atoms with Crippen LogP contribution in [0.3, 0.4) is 0 Å². The molecule has 0 saturated carbocycles. The molecule has 0 bridgehead atoms. The van der Waals surface area contributed by atoms with Crippen LogP contribution in [0.2, 0.25) is 0 Å². The number of carboxylic acids is 1. The van der Waals surface area contributed by atoms with Crippen molar-refractivity contribution in [1.29, 1.82) is 0 Å². The quantitative estimate of drug-likeness (QED) is 0.366. The standard InChI is InChI=1S/C15H15IO4/c1-3-6-11(10(2)16)9-20-15(19)13-8-5-4-7-12(13)14(17)18/h4-5,7-8,10-11H,9H2,1-2H3,(H,17,18). The van der Waals surface area contributed by atoms with Crippen molar-refractivity contribution in [3.05, 3.63) is 35.4 Å². The van der Waals surface area contributed by atoms with Crippen LogP contribution in [0, 0.1) is 17.8 Å². The lowest BCUT2D eigenvalue weighted by atomic mass is 10.1. The fraction of sp³-hybridized carbons (Fsp3) is 0.333. The van der Waals surface area contributed by atoms with Crippen LogP contribution in [0.25, 0.3) is 0 Å². The molecule has 1 N–H and O–H groups in total. The van der Waals surface area contributed by atoms with E-state index in [-0.39, 0.29) is 27.6 Å². The SMILES string of the molecule is CC#CC(COC(=O)c1ccccc1C(=O)O)C(C)I. The highest BCUT2D eigenvalue weighted by Gasteiger charge is 2.19. The van der Waals surface area contributed by atoms with Gasteiger partial charge in [-0.15, -0.1) is 5.92 Å². The van der Waals surface area contributed by atoms with E-state index in [2.05, 4.69) is 34.4 Å². The number of benzene rings is 1. The van der Waals surface area contributed by atoms with E-state index in [0.29, 0.717) is 0 Å². The van der Waals surface area contributed by atoms with Crippen molar-refractivity contribution in [3.63, 3.8) is 0 Å². The van der Waals surface area contributed by atoms with Crippen molar-refractivity contribution in [2.24, 2.45) is 5.92 Å². The van der Waals surface area contributed by atoms with Crippen LogP contribution in [0.5, 0.6) is 0 Å². The number of carbonyl (C=O) groups is 2. The first-order valence-electron chi connectivity index (χ1n) is 6.03. The van der Waals surface area contributed by atoms with Crippen molar-refractivity contribution in [2.45, 2.75) is 17.8 Å². The molecule has 106 valence electrons. The topological polar surface area (TPSA) is 63.6 Å². The Hall–Kier alpha value is -1.55. The monoisotopic (exact) mass is 386 g/mol. The van der Waals surface area contributed by atoms with Crippen LogP contribution in [-0.4, -0.2) is 27.6 Å². The zero-order chi connectivity index (χ0) is 15.1. The number of alkyl halides is 1. The summed E-state index contributed by atoms with van der Waals surface area (Å²) in [5, 5.41) is 9.03. The molecule has 0 aromatic heterocycles. The van der Waals surface area contributed by atoms with Gasteiger partial charge >= 0.3 is 11.9 Å². The third kappa shape index (κ3) is 4.53. The molecule has 2 unspecified atom stereocenters. The third-order valence-electron chi connectivity index (χ3n) is 2.66. The maximum Gasteiger partial charge on any atom is 0.339 e. The van der Waals surface area contributed by atoms with E-state index in [0.717, 1.165) is 0 Å². The van der Waals surface area contributed by atoms with E-state index in [1.54, 1.807) is 19.1 Å². The van der Waals surface area contributed by atoms with Crippen molar-refractivity contribution in [3.8, 4) is 11.8 Å². The molecule has 4 nitrogen and oxygen atoms in total. The minimum absolute atomic E-state index is 0.0573. The maximum atomic E-state index is 12.0. The van der Waals surface area contributed by atoms with Gasteiger partial charge in [0.05, 0.1) is 17.0 Å². The number of esters is 1. The second-order valence-corrected chi connectivity index (χ2v) is 6.09. The summed E-state index contributed by atoms with van der Waals surface area (Å²) in [6.07, 6.45) is 0. The summed E-state index contributed by atoms with van der Waals surface area (Å²) in [5.74, 6) is 3.92. The Bertz CT molecular complexity index is 554. The molecule has 1 rings (SSSR count). The zero-order valence-electron chi connectivity index (χ0n) is 11.2. The van der Waals surface area contributed by atoms with Crippen LogP contribution < -0.4 is 0 Å². The first-order valence-corrected chi connectivity index (χ1v) is 7.27. The van der Waals surface area contributed by atoms with Gasteiger partial charge in [-0.05, 0) is 19.1 Å². The molecular weight excluding hydrogens is 371 g/mol. The van der Waals surface area contributed by atoms with Gasteiger partial charge in [0.1, 0.15) is 6.61 Å². The van der Waals surface area contributed by atoms with E-state index in [1.807, 2.05) is 6.92 Å². The number of halogens is 1. The molecule has 0 spiro atoms. The van der Waals surface area contributed by atoms with Gasteiger partial charge in [-0.1, -0.05) is 47.6 Å². The second-order valence-electron chi connectivity index (χ2n) is 4.13. The first-order chi connectivity index (χ1) is 9.47. The predicted octanol–water partition coefficient (Wildman–Crippen LogP) is 3.00. The highest BCUT2D eigenvalue weighted by molar-refractivity contribution is 14.1. The minimum atomic E-state index is -1.15. The fourth-order valence-electron chi connectivity index (χ4n) is 1.57.